The topological polar surface area (TPSA) is 15.3 Å². The number of unbranched alkanes of at least 4 members (excludes halogenated alkanes) is 2. The molecule has 0 amide bonds. The smallest absolute Gasteiger partial charge is 0.146 e. The molecular weight excluding hydrogens is 227 g/mol. The zero-order valence-corrected chi connectivity index (χ0v) is 11.7. The lowest BCUT2D eigenvalue weighted by molar-refractivity contribution is 0.547. The Morgan fingerprint density at radius 1 is 1.17 bits per heavy atom. The molecule has 3 heteroatoms. The minimum absolute atomic E-state index is 0.138. The van der Waals surface area contributed by atoms with E-state index in [0.29, 0.717) is 11.7 Å². The van der Waals surface area contributed by atoms with Crippen LogP contribution in [0.2, 0.25) is 0 Å². The lowest BCUT2D eigenvalue weighted by Gasteiger charge is -2.19. The summed E-state index contributed by atoms with van der Waals surface area (Å²) in [5.41, 5.74) is 0.692. The first kappa shape index (κ1) is 15.0. The SMILES string of the molecule is CC(C)NCCCCCN(C)c1ccccc1F. The normalized spacial score (nSPS) is 10.9. The number of anilines is 1. The second-order valence-electron chi connectivity index (χ2n) is 5.04. The Morgan fingerprint density at radius 3 is 2.56 bits per heavy atom. The zero-order chi connectivity index (χ0) is 13.4. The van der Waals surface area contributed by atoms with Crippen LogP contribution in [0.5, 0.6) is 0 Å². The monoisotopic (exact) mass is 252 g/mol. The third-order valence-corrected chi connectivity index (χ3v) is 2.99. The van der Waals surface area contributed by atoms with E-state index < -0.39 is 0 Å². The highest BCUT2D eigenvalue weighted by Crippen LogP contribution is 2.17. The average Bonchev–Trinajstić information content (AvgIpc) is 2.33. The van der Waals surface area contributed by atoms with Crippen molar-refractivity contribution in [3.05, 3.63) is 30.1 Å². The molecule has 0 unspecified atom stereocenters. The number of hydrogen-bond donors (Lipinski definition) is 1. The third kappa shape index (κ3) is 5.50. The summed E-state index contributed by atoms with van der Waals surface area (Å²) in [5, 5.41) is 3.40. The molecule has 0 fully saturated rings. The van der Waals surface area contributed by atoms with E-state index in [9.17, 15) is 4.39 Å². The van der Waals surface area contributed by atoms with Gasteiger partial charge in [0.15, 0.2) is 0 Å². The van der Waals surface area contributed by atoms with E-state index in [0.717, 1.165) is 19.5 Å². The number of rotatable bonds is 8. The van der Waals surface area contributed by atoms with E-state index in [4.69, 9.17) is 0 Å². The molecule has 1 rings (SSSR count). The van der Waals surface area contributed by atoms with Crippen LogP contribution in [0.15, 0.2) is 24.3 Å². The molecular formula is C15H25FN2. The Labute approximate surface area is 110 Å². The van der Waals surface area contributed by atoms with Crippen molar-refractivity contribution in [3.63, 3.8) is 0 Å². The summed E-state index contributed by atoms with van der Waals surface area (Å²) in [6, 6.07) is 7.51. The molecule has 1 aromatic carbocycles. The number of nitrogens with zero attached hydrogens (tertiary/aromatic N) is 1. The minimum Gasteiger partial charge on any atom is -0.372 e. The Hall–Kier alpha value is -1.09. The van der Waals surface area contributed by atoms with Crippen molar-refractivity contribution < 1.29 is 4.39 Å². The van der Waals surface area contributed by atoms with Crippen LogP contribution in [0.3, 0.4) is 0 Å². The summed E-state index contributed by atoms with van der Waals surface area (Å²) in [5.74, 6) is -0.138. The predicted octanol–water partition coefficient (Wildman–Crippen LogP) is 3.43. The van der Waals surface area contributed by atoms with Crippen molar-refractivity contribution in [2.24, 2.45) is 0 Å². The minimum atomic E-state index is -0.138. The van der Waals surface area contributed by atoms with Crippen LogP contribution >= 0.6 is 0 Å². The van der Waals surface area contributed by atoms with Crippen LogP contribution in [0.25, 0.3) is 0 Å². The van der Waals surface area contributed by atoms with Gasteiger partial charge >= 0.3 is 0 Å². The van der Waals surface area contributed by atoms with Gasteiger partial charge in [-0.3, -0.25) is 0 Å². The summed E-state index contributed by atoms with van der Waals surface area (Å²) >= 11 is 0. The predicted molar refractivity (Wildman–Crippen MR) is 76.7 cm³/mol. The molecule has 0 saturated carbocycles. The van der Waals surface area contributed by atoms with E-state index in [-0.39, 0.29) is 5.82 Å². The summed E-state index contributed by atoms with van der Waals surface area (Å²) in [4.78, 5) is 1.99. The van der Waals surface area contributed by atoms with Crippen molar-refractivity contribution in [3.8, 4) is 0 Å². The second-order valence-corrected chi connectivity index (χ2v) is 5.04. The van der Waals surface area contributed by atoms with Crippen LogP contribution in [0.1, 0.15) is 33.1 Å². The maximum absolute atomic E-state index is 13.5. The van der Waals surface area contributed by atoms with Crippen molar-refractivity contribution in [1.29, 1.82) is 0 Å². The van der Waals surface area contributed by atoms with Crippen molar-refractivity contribution >= 4 is 5.69 Å². The van der Waals surface area contributed by atoms with Gasteiger partial charge in [-0.15, -0.1) is 0 Å². The lowest BCUT2D eigenvalue weighted by atomic mass is 10.2. The fourth-order valence-electron chi connectivity index (χ4n) is 1.92. The number of halogens is 1. The Morgan fingerprint density at radius 2 is 1.89 bits per heavy atom. The Kier molecular flexibility index (Phi) is 6.73. The first-order valence-electron chi connectivity index (χ1n) is 6.80. The summed E-state index contributed by atoms with van der Waals surface area (Å²) in [6.07, 6.45) is 3.46. The maximum Gasteiger partial charge on any atom is 0.146 e. The van der Waals surface area contributed by atoms with Crippen molar-refractivity contribution in [2.75, 3.05) is 25.0 Å². The van der Waals surface area contributed by atoms with Crippen molar-refractivity contribution in [1.82, 2.24) is 5.32 Å². The molecule has 0 bridgehead atoms. The van der Waals surface area contributed by atoms with Crippen LogP contribution in [-0.4, -0.2) is 26.2 Å². The Bertz CT molecular complexity index is 339. The largest absolute Gasteiger partial charge is 0.372 e. The molecule has 1 N–H and O–H groups in total. The molecule has 2 nitrogen and oxygen atoms in total. The summed E-state index contributed by atoms with van der Waals surface area (Å²) in [6.45, 7) is 6.29. The van der Waals surface area contributed by atoms with Gasteiger partial charge in [-0.1, -0.05) is 32.4 Å². The quantitative estimate of drug-likeness (QED) is 0.713. The fourth-order valence-corrected chi connectivity index (χ4v) is 1.92. The van der Waals surface area contributed by atoms with Gasteiger partial charge in [-0.05, 0) is 31.5 Å². The van der Waals surface area contributed by atoms with Crippen LogP contribution in [0.4, 0.5) is 10.1 Å². The van der Waals surface area contributed by atoms with Crippen molar-refractivity contribution in [2.45, 2.75) is 39.2 Å². The second kappa shape index (κ2) is 8.09. The van der Waals surface area contributed by atoms with Gasteiger partial charge in [0, 0.05) is 19.6 Å². The molecule has 0 radical (unpaired) electrons. The highest BCUT2D eigenvalue weighted by molar-refractivity contribution is 5.46. The maximum atomic E-state index is 13.5. The van der Waals surface area contributed by atoms with Crippen LogP contribution in [0, 0.1) is 5.82 Å². The van der Waals surface area contributed by atoms with E-state index in [1.165, 1.54) is 18.9 Å². The van der Waals surface area contributed by atoms with Gasteiger partial charge in [0.1, 0.15) is 5.82 Å². The van der Waals surface area contributed by atoms with Gasteiger partial charge < -0.3 is 10.2 Å². The highest BCUT2D eigenvalue weighted by atomic mass is 19.1. The van der Waals surface area contributed by atoms with Crippen LogP contribution in [-0.2, 0) is 0 Å². The van der Waals surface area contributed by atoms with Gasteiger partial charge in [0.2, 0.25) is 0 Å². The molecule has 0 aliphatic rings. The molecule has 0 aromatic heterocycles. The van der Waals surface area contributed by atoms with E-state index >= 15 is 0 Å². The first-order chi connectivity index (χ1) is 8.61. The lowest BCUT2D eigenvalue weighted by Crippen LogP contribution is -2.24. The van der Waals surface area contributed by atoms with Gasteiger partial charge in [-0.25, -0.2) is 4.39 Å². The standard InChI is InChI=1S/C15H25FN2/c1-13(2)17-11-7-4-8-12-18(3)15-10-6-5-9-14(15)16/h5-6,9-10,13,17H,4,7-8,11-12H2,1-3H3. The van der Waals surface area contributed by atoms with E-state index in [1.54, 1.807) is 6.07 Å². The molecule has 18 heavy (non-hydrogen) atoms. The molecule has 0 saturated heterocycles. The molecule has 0 aliphatic heterocycles. The molecule has 0 aliphatic carbocycles. The van der Waals surface area contributed by atoms with E-state index in [2.05, 4.69) is 19.2 Å². The molecule has 0 spiro atoms. The molecule has 102 valence electrons. The number of nitrogens with one attached hydrogen (secondary N) is 1. The molecule has 0 heterocycles. The highest BCUT2D eigenvalue weighted by Gasteiger charge is 2.05. The molecule has 1 aromatic rings. The number of benzene rings is 1. The number of hydrogen-bond acceptors (Lipinski definition) is 2. The average molecular weight is 252 g/mol. The van der Waals surface area contributed by atoms with Gasteiger partial charge in [0.25, 0.3) is 0 Å². The summed E-state index contributed by atoms with van der Waals surface area (Å²) < 4.78 is 13.5. The molecule has 0 atom stereocenters. The summed E-state index contributed by atoms with van der Waals surface area (Å²) in [7, 11) is 1.95. The van der Waals surface area contributed by atoms with Gasteiger partial charge in [0.05, 0.1) is 5.69 Å². The number of para-hydroxylation sites is 1. The van der Waals surface area contributed by atoms with Crippen LogP contribution < -0.4 is 10.2 Å². The Balaban J connectivity index is 2.18. The van der Waals surface area contributed by atoms with E-state index in [1.807, 2.05) is 24.1 Å². The zero-order valence-electron chi connectivity index (χ0n) is 11.7. The third-order valence-electron chi connectivity index (χ3n) is 2.99. The van der Waals surface area contributed by atoms with Gasteiger partial charge in [-0.2, -0.15) is 0 Å². The fraction of sp³-hybridized carbons (Fsp3) is 0.600. The first-order valence-corrected chi connectivity index (χ1v) is 6.80.